The topological polar surface area (TPSA) is 87.5 Å². The maximum Gasteiger partial charge on any atom is 0.251 e. The number of ether oxygens (including phenoxy) is 1. The first-order valence-corrected chi connectivity index (χ1v) is 5.73. The average Bonchev–Trinajstić information content (AvgIpc) is 2.52. The fraction of sp³-hybridized carbons (Fsp3) is 0.600. The fourth-order valence-corrected chi connectivity index (χ4v) is 2.24. The number of aliphatic hydroxyl groups excluding tert-OH is 1. The van der Waals surface area contributed by atoms with Crippen LogP contribution < -0.4 is 5.56 Å². The van der Waals surface area contributed by atoms with E-state index in [0.29, 0.717) is 0 Å². The number of hydrogen-bond acceptors (Lipinski definition) is 5. The Morgan fingerprint density at radius 2 is 2.39 bits per heavy atom. The predicted molar refractivity (Wildman–Crippen MR) is 62.4 cm³/mol. The molecule has 0 spiro atoms. The molecule has 3 N–H and O–H groups in total. The molecular weight excluding hydrogens is 263 g/mol. The fourth-order valence-electron chi connectivity index (χ4n) is 1.98. The number of nitrogens with one attached hydrogen (secondary N) is 1. The molecule has 18 heavy (non-hydrogen) atoms. The van der Waals surface area contributed by atoms with Crippen molar-refractivity contribution < 1.29 is 19.3 Å². The molecule has 1 aromatic heterocycles. The van der Waals surface area contributed by atoms with Crippen molar-refractivity contribution in [1.82, 2.24) is 9.55 Å². The lowest BCUT2D eigenvalue weighted by Crippen LogP contribution is -2.42. The van der Waals surface area contributed by atoms with Crippen LogP contribution in [0.15, 0.2) is 17.1 Å². The SMILES string of the molecule is CC1(O)C(F)C(CO)OC1n1ccc(=O)[nH]c1=S. The first kappa shape index (κ1) is 13.3. The van der Waals surface area contributed by atoms with E-state index in [0.717, 1.165) is 0 Å². The summed E-state index contributed by atoms with van der Waals surface area (Å²) < 4.78 is 20.4. The van der Waals surface area contributed by atoms with Crippen molar-refractivity contribution in [1.29, 1.82) is 0 Å². The number of alkyl halides is 1. The highest BCUT2D eigenvalue weighted by Gasteiger charge is 2.54. The third-order valence-electron chi connectivity index (χ3n) is 2.97. The highest BCUT2D eigenvalue weighted by molar-refractivity contribution is 7.71. The van der Waals surface area contributed by atoms with Gasteiger partial charge in [-0.25, -0.2) is 4.39 Å². The molecule has 100 valence electrons. The predicted octanol–water partition coefficient (Wildman–Crippen LogP) is -0.115. The van der Waals surface area contributed by atoms with Gasteiger partial charge in [0.25, 0.3) is 5.56 Å². The largest absolute Gasteiger partial charge is 0.394 e. The zero-order chi connectivity index (χ0) is 13.5. The summed E-state index contributed by atoms with van der Waals surface area (Å²) in [5, 5.41) is 19.1. The summed E-state index contributed by atoms with van der Waals surface area (Å²) in [6, 6.07) is 1.19. The molecule has 1 aliphatic rings. The number of H-pyrrole nitrogens is 1. The molecule has 0 bridgehead atoms. The summed E-state index contributed by atoms with van der Waals surface area (Å²) in [5.41, 5.74) is -2.24. The van der Waals surface area contributed by atoms with Crippen LogP contribution in [-0.2, 0) is 4.74 Å². The number of nitrogens with zero attached hydrogens (tertiary/aromatic N) is 1. The van der Waals surface area contributed by atoms with E-state index in [4.69, 9.17) is 22.1 Å². The molecule has 4 unspecified atom stereocenters. The van der Waals surface area contributed by atoms with E-state index < -0.39 is 36.3 Å². The van der Waals surface area contributed by atoms with E-state index in [1.807, 2.05) is 0 Å². The molecule has 4 atom stereocenters. The number of aliphatic hydroxyl groups is 2. The smallest absolute Gasteiger partial charge is 0.251 e. The average molecular weight is 276 g/mol. The molecule has 8 heteroatoms. The molecule has 0 aromatic carbocycles. The van der Waals surface area contributed by atoms with Crippen molar-refractivity contribution in [3.63, 3.8) is 0 Å². The number of aromatic amines is 1. The Morgan fingerprint density at radius 1 is 1.72 bits per heavy atom. The molecule has 6 nitrogen and oxygen atoms in total. The molecule has 1 saturated heterocycles. The van der Waals surface area contributed by atoms with Gasteiger partial charge < -0.3 is 14.9 Å². The van der Waals surface area contributed by atoms with Gasteiger partial charge in [0.1, 0.15) is 11.7 Å². The van der Waals surface area contributed by atoms with Gasteiger partial charge in [0.05, 0.1) is 6.61 Å². The van der Waals surface area contributed by atoms with Crippen molar-refractivity contribution in [2.45, 2.75) is 31.0 Å². The monoisotopic (exact) mass is 276 g/mol. The van der Waals surface area contributed by atoms with Crippen LogP contribution in [0.2, 0.25) is 0 Å². The van der Waals surface area contributed by atoms with Gasteiger partial charge in [-0.15, -0.1) is 0 Å². The van der Waals surface area contributed by atoms with Crippen LogP contribution in [0.5, 0.6) is 0 Å². The van der Waals surface area contributed by atoms with Crippen molar-refractivity contribution in [2.75, 3.05) is 6.61 Å². The molecular formula is C10H13FN2O4S. The second-order valence-electron chi connectivity index (χ2n) is 4.35. The first-order valence-electron chi connectivity index (χ1n) is 5.32. The molecule has 0 radical (unpaired) electrons. The van der Waals surface area contributed by atoms with Crippen LogP contribution in [0.3, 0.4) is 0 Å². The highest BCUT2D eigenvalue weighted by Crippen LogP contribution is 2.39. The Morgan fingerprint density at radius 3 is 2.89 bits per heavy atom. The number of halogens is 1. The van der Waals surface area contributed by atoms with Crippen LogP contribution >= 0.6 is 12.2 Å². The number of aromatic nitrogens is 2. The molecule has 2 heterocycles. The minimum absolute atomic E-state index is 0.0126. The van der Waals surface area contributed by atoms with Gasteiger partial charge in [0.15, 0.2) is 17.2 Å². The van der Waals surface area contributed by atoms with Crippen molar-refractivity contribution in [2.24, 2.45) is 0 Å². The van der Waals surface area contributed by atoms with Crippen LogP contribution in [0, 0.1) is 4.77 Å². The minimum Gasteiger partial charge on any atom is -0.394 e. The Labute approximate surface area is 107 Å². The van der Waals surface area contributed by atoms with Crippen molar-refractivity contribution >= 4 is 12.2 Å². The zero-order valence-electron chi connectivity index (χ0n) is 9.54. The summed E-state index contributed by atoms with van der Waals surface area (Å²) in [5.74, 6) is 0. The summed E-state index contributed by atoms with van der Waals surface area (Å²) in [6.07, 6.45) is -2.67. The van der Waals surface area contributed by atoms with Crippen LogP contribution in [0.1, 0.15) is 13.2 Å². The van der Waals surface area contributed by atoms with Gasteiger partial charge in [0.2, 0.25) is 0 Å². The molecule has 2 rings (SSSR count). The van der Waals surface area contributed by atoms with Crippen LogP contribution in [0.4, 0.5) is 4.39 Å². The third-order valence-corrected chi connectivity index (χ3v) is 3.29. The Hall–Kier alpha value is -1.09. The van der Waals surface area contributed by atoms with E-state index in [1.54, 1.807) is 0 Å². The van der Waals surface area contributed by atoms with Crippen molar-refractivity contribution in [3.8, 4) is 0 Å². The second kappa shape index (κ2) is 4.54. The Kier molecular flexibility index (Phi) is 3.37. The lowest BCUT2D eigenvalue weighted by atomic mass is 9.98. The van der Waals surface area contributed by atoms with Gasteiger partial charge in [-0.2, -0.15) is 0 Å². The Balaban J connectivity index is 2.45. The highest BCUT2D eigenvalue weighted by atomic mass is 32.1. The molecule has 1 aliphatic heterocycles. The number of hydrogen-bond donors (Lipinski definition) is 3. The van der Waals surface area contributed by atoms with Gasteiger partial charge in [-0.3, -0.25) is 14.3 Å². The molecule has 0 aliphatic carbocycles. The van der Waals surface area contributed by atoms with Gasteiger partial charge in [0, 0.05) is 12.3 Å². The summed E-state index contributed by atoms with van der Waals surface area (Å²) >= 11 is 4.92. The third kappa shape index (κ3) is 2.01. The lowest BCUT2D eigenvalue weighted by molar-refractivity contribution is -0.0924. The van der Waals surface area contributed by atoms with E-state index in [2.05, 4.69) is 4.98 Å². The summed E-state index contributed by atoms with van der Waals surface area (Å²) in [4.78, 5) is 13.4. The quantitative estimate of drug-likeness (QED) is 0.656. The van der Waals surface area contributed by atoms with Crippen molar-refractivity contribution in [3.05, 3.63) is 27.4 Å². The van der Waals surface area contributed by atoms with E-state index in [-0.39, 0.29) is 4.77 Å². The van der Waals surface area contributed by atoms with E-state index >= 15 is 0 Å². The maximum atomic E-state index is 13.9. The van der Waals surface area contributed by atoms with Gasteiger partial charge in [-0.05, 0) is 19.1 Å². The van der Waals surface area contributed by atoms with E-state index in [1.165, 1.54) is 23.8 Å². The van der Waals surface area contributed by atoms with E-state index in [9.17, 15) is 14.3 Å². The second-order valence-corrected chi connectivity index (χ2v) is 4.74. The summed E-state index contributed by atoms with van der Waals surface area (Å²) in [6.45, 7) is 0.704. The molecule has 0 amide bonds. The zero-order valence-corrected chi connectivity index (χ0v) is 10.4. The first-order chi connectivity index (χ1) is 8.37. The molecule has 0 saturated carbocycles. The van der Waals surface area contributed by atoms with Gasteiger partial charge in [-0.1, -0.05) is 0 Å². The number of rotatable bonds is 2. The summed E-state index contributed by atoms with van der Waals surface area (Å²) in [7, 11) is 0. The van der Waals surface area contributed by atoms with Crippen LogP contribution in [0.25, 0.3) is 0 Å². The standard InChI is InChI=1S/C10H13FN2O4S/c1-10(16)7(11)5(4-14)17-8(10)13-3-2-6(15)12-9(13)18/h2-3,5,7-8,14,16H,4H2,1H3,(H,12,15,18). The van der Waals surface area contributed by atoms with Gasteiger partial charge >= 0.3 is 0 Å². The lowest BCUT2D eigenvalue weighted by Gasteiger charge is -2.26. The Bertz CT molecular complexity index is 555. The molecule has 1 aromatic rings. The maximum absolute atomic E-state index is 13.9. The molecule has 1 fully saturated rings. The minimum atomic E-state index is -1.84. The normalized spacial score (nSPS) is 35.9. The van der Waals surface area contributed by atoms with Crippen LogP contribution in [-0.4, -0.2) is 44.2 Å².